The summed E-state index contributed by atoms with van der Waals surface area (Å²) in [5, 5.41) is 117. The summed E-state index contributed by atoms with van der Waals surface area (Å²) in [4.78, 5) is 0. The van der Waals surface area contributed by atoms with Crippen molar-refractivity contribution in [3.63, 3.8) is 0 Å². The number of halogens is 3. The normalized spacial score (nSPS) is 12.7. The zero-order chi connectivity index (χ0) is 54.2. The molecular weight excluding hydrogens is 850 g/mol. The SMILES string of the molecule is CC(C)C(=N)C(C)N.CC(C)C(=N)C(C)O.CC(C)C(=N)C(F)F.CC(C)C(=N)C(O)C(O)CO.CC(C)C(=N)C(O)CO.CC(C)C(=N)CF.CC(C)C(=N)CN.CC(C)C(=N)CO. The largest absolute Gasteiger partial charge is 0.394 e. The molecule has 5 atom stereocenters. The van der Waals surface area contributed by atoms with Gasteiger partial charge in [-0.1, -0.05) is 111 Å². The number of aliphatic hydroxyl groups excluding tert-OH is 7. The second kappa shape index (κ2) is 47.3. The quantitative estimate of drug-likeness (QED) is 0.0647. The Morgan fingerprint density at radius 3 is 0.831 bits per heavy atom. The second-order valence-electron chi connectivity index (χ2n) is 17.2. The predicted molar refractivity (Wildman–Crippen MR) is 266 cm³/mol. The van der Waals surface area contributed by atoms with Crippen molar-refractivity contribution in [3.05, 3.63) is 0 Å². The van der Waals surface area contributed by atoms with Gasteiger partial charge in [-0.2, -0.15) is 0 Å². The van der Waals surface area contributed by atoms with Crippen molar-refractivity contribution >= 4 is 45.7 Å². The molecule has 0 spiro atoms. The number of nitrogens with two attached hydrogens (primary N) is 2. The maximum Gasteiger partial charge on any atom is 0.276 e. The molecule has 65 heavy (non-hydrogen) atoms. The molecule has 0 aromatic heterocycles. The minimum Gasteiger partial charge on any atom is -0.394 e. The molecule has 0 aromatic carbocycles. The van der Waals surface area contributed by atoms with E-state index in [1.807, 2.05) is 76.2 Å². The van der Waals surface area contributed by atoms with Crippen molar-refractivity contribution in [2.24, 2.45) is 58.8 Å². The number of hydrogen-bond donors (Lipinski definition) is 17. The van der Waals surface area contributed by atoms with Crippen LogP contribution in [0.4, 0.5) is 13.2 Å². The molecule has 0 saturated carbocycles. The van der Waals surface area contributed by atoms with Crippen LogP contribution in [0.25, 0.3) is 0 Å². The number of aliphatic hydroxyl groups is 7. The molecule has 390 valence electrons. The monoisotopic (exact) mass is 947 g/mol. The Labute approximate surface area is 390 Å². The van der Waals surface area contributed by atoms with Gasteiger partial charge in [-0.3, -0.25) is 0 Å². The number of nitrogens with one attached hydrogen (secondary N) is 8. The first-order chi connectivity index (χ1) is 29.3. The number of hydrogen-bond acceptors (Lipinski definition) is 17. The molecule has 0 amide bonds. The summed E-state index contributed by atoms with van der Waals surface area (Å²) < 4.78 is 34.3. The molecule has 0 aliphatic rings. The van der Waals surface area contributed by atoms with Crippen LogP contribution in [-0.4, -0.2) is 151 Å². The van der Waals surface area contributed by atoms with Gasteiger partial charge in [0.2, 0.25) is 0 Å². The van der Waals surface area contributed by atoms with Gasteiger partial charge in [-0.05, 0) is 61.2 Å². The average molecular weight is 947 g/mol. The summed E-state index contributed by atoms with van der Waals surface area (Å²) in [5.74, 6) is 0.665. The van der Waals surface area contributed by atoms with E-state index in [9.17, 15) is 13.2 Å². The van der Waals surface area contributed by atoms with Gasteiger partial charge in [0, 0.05) is 52.6 Å². The van der Waals surface area contributed by atoms with E-state index in [0.29, 0.717) is 41.2 Å². The van der Waals surface area contributed by atoms with E-state index in [0.717, 1.165) is 0 Å². The minimum atomic E-state index is -2.57. The highest BCUT2D eigenvalue weighted by Crippen LogP contribution is 2.05. The molecule has 0 radical (unpaired) electrons. The van der Waals surface area contributed by atoms with Gasteiger partial charge in [0.15, 0.2) is 0 Å². The lowest BCUT2D eigenvalue weighted by Gasteiger charge is -2.18. The number of rotatable bonds is 19. The molecule has 19 N–H and O–H groups in total. The fraction of sp³-hybridized carbons (Fsp3) is 0.822. The molecule has 0 rings (SSSR count). The van der Waals surface area contributed by atoms with Crippen LogP contribution in [0.1, 0.15) is 125 Å². The van der Waals surface area contributed by atoms with Crippen LogP contribution in [0, 0.1) is 90.6 Å². The summed E-state index contributed by atoms with van der Waals surface area (Å²) in [6.07, 6.45) is -6.58. The highest BCUT2D eigenvalue weighted by molar-refractivity contribution is 5.89. The van der Waals surface area contributed by atoms with Crippen LogP contribution in [0.3, 0.4) is 0 Å². The zero-order valence-electron chi connectivity index (χ0n) is 43.0. The maximum atomic E-state index is 11.5. The molecule has 0 aliphatic carbocycles. The standard InChI is InChI=1S/C7H15NO3.C6H14N2.C6H13NO2.C6H13NO.C5H9F2N.C5H10FN.C5H12N2.C5H11NO/c1-4(2)6(8)7(11)5(10)3-9;1-4(2)6(8)5(3)7;1-4(2)6(7)5(9)3-8;1-4(2)6(7)5(3)8;1-3(2)4(8)5(6)7;2*1-4(2)5(7)3-6;1-4(2)5(6)3-7/h4-5,7-11H,3H2,1-2H3;4-5,8H,7H2,1-3H3;4-5,7-9H,3H2,1-2H3;4-5,7-8H,1-3H3;3,5,8H,1-2H3;4,7H,3H2,1-2H3;4,7H,3,6H2,1-2H3;4,6-7H,3H2,1-2H3. The fourth-order valence-corrected chi connectivity index (χ4v) is 2.96. The third-order valence-corrected chi connectivity index (χ3v) is 8.31. The molecule has 0 bridgehead atoms. The van der Waals surface area contributed by atoms with Gasteiger partial charge in [-0.15, -0.1) is 0 Å². The highest BCUT2D eigenvalue weighted by atomic mass is 19.3. The lowest BCUT2D eigenvalue weighted by molar-refractivity contribution is 0.0163. The molecule has 0 aliphatic heterocycles. The van der Waals surface area contributed by atoms with Crippen LogP contribution in [0.15, 0.2) is 0 Å². The molecule has 0 heterocycles. The van der Waals surface area contributed by atoms with Crippen LogP contribution < -0.4 is 11.5 Å². The zero-order valence-corrected chi connectivity index (χ0v) is 43.0. The van der Waals surface area contributed by atoms with Gasteiger partial charge >= 0.3 is 0 Å². The molecular formula is C45H97F3N10O7. The second-order valence-corrected chi connectivity index (χ2v) is 17.2. The van der Waals surface area contributed by atoms with E-state index in [2.05, 4.69) is 0 Å². The van der Waals surface area contributed by atoms with E-state index >= 15 is 0 Å². The lowest BCUT2D eigenvalue weighted by atomic mass is 9.99. The summed E-state index contributed by atoms with van der Waals surface area (Å²) in [6.45, 7) is 31.6. The summed E-state index contributed by atoms with van der Waals surface area (Å²) in [7, 11) is 0. The Morgan fingerprint density at radius 2 is 0.769 bits per heavy atom. The Morgan fingerprint density at radius 1 is 0.446 bits per heavy atom. The average Bonchev–Trinajstić information content (AvgIpc) is 3.23. The van der Waals surface area contributed by atoms with Crippen LogP contribution in [0.2, 0.25) is 0 Å². The van der Waals surface area contributed by atoms with Crippen molar-refractivity contribution in [3.8, 4) is 0 Å². The molecule has 20 heteroatoms. The molecule has 17 nitrogen and oxygen atoms in total. The van der Waals surface area contributed by atoms with Crippen molar-refractivity contribution in [2.75, 3.05) is 33.0 Å². The van der Waals surface area contributed by atoms with Gasteiger partial charge in [-0.25, -0.2) is 13.2 Å². The Bertz CT molecular complexity index is 1150. The summed E-state index contributed by atoms with van der Waals surface area (Å²) >= 11 is 0. The molecule has 5 unspecified atom stereocenters. The van der Waals surface area contributed by atoms with Crippen molar-refractivity contribution in [2.45, 2.75) is 162 Å². The predicted octanol–water partition coefficient (Wildman–Crippen LogP) is 6.28. The third kappa shape index (κ3) is 53.3. The fourth-order valence-electron chi connectivity index (χ4n) is 2.96. The van der Waals surface area contributed by atoms with E-state index in [1.165, 1.54) is 0 Å². The van der Waals surface area contributed by atoms with E-state index in [-0.39, 0.29) is 71.9 Å². The topological polar surface area (TPSA) is 384 Å². The van der Waals surface area contributed by atoms with E-state index < -0.39 is 49.8 Å². The van der Waals surface area contributed by atoms with Gasteiger partial charge in [0.1, 0.15) is 25.0 Å². The van der Waals surface area contributed by atoms with Gasteiger partial charge in [0.25, 0.3) is 6.43 Å². The maximum absolute atomic E-state index is 11.5. The van der Waals surface area contributed by atoms with Gasteiger partial charge < -0.3 is 90.5 Å². The van der Waals surface area contributed by atoms with Crippen LogP contribution in [-0.2, 0) is 0 Å². The summed E-state index contributed by atoms with van der Waals surface area (Å²) in [5.41, 5.74) is 12.6. The Kier molecular flexibility index (Phi) is 57.4. The van der Waals surface area contributed by atoms with Crippen LogP contribution >= 0.6 is 0 Å². The first-order valence-corrected chi connectivity index (χ1v) is 21.8. The molecule has 0 fully saturated rings. The Balaban J connectivity index is -0.0000000956. The smallest absolute Gasteiger partial charge is 0.276 e. The highest BCUT2D eigenvalue weighted by Gasteiger charge is 2.22. The molecule has 0 saturated heterocycles. The van der Waals surface area contributed by atoms with Crippen molar-refractivity contribution in [1.29, 1.82) is 43.3 Å². The third-order valence-electron chi connectivity index (χ3n) is 8.31. The number of alkyl halides is 3. The minimum absolute atomic E-state index is 0.0205. The van der Waals surface area contributed by atoms with Crippen molar-refractivity contribution in [1.82, 2.24) is 0 Å². The van der Waals surface area contributed by atoms with E-state index in [4.69, 9.17) is 90.5 Å². The lowest BCUT2D eigenvalue weighted by Crippen LogP contribution is -2.38. The van der Waals surface area contributed by atoms with Crippen molar-refractivity contribution < 1.29 is 48.9 Å². The summed E-state index contributed by atoms with van der Waals surface area (Å²) in [6, 6.07) is -0.0741. The van der Waals surface area contributed by atoms with Crippen LogP contribution in [0.5, 0.6) is 0 Å². The van der Waals surface area contributed by atoms with Gasteiger partial charge in [0.05, 0.1) is 31.6 Å². The molecule has 0 aromatic rings. The first kappa shape index (κ1) is 78.9. The first-order valence-electron chi connectivity index (χ1n) is 21.8. The van der Waals surface area contributed by atoms with E-state index in [1.54, 1.807) is 48.5 Å². The Hall–Kier alpha value is -3.21.